The minimum atomic E-state index is -0.970. The van der Waals surface area contributed by atoms with Crippen LogP contribution in [-0.2, 0) is 32.8 Å². The van der Waals surface area contributed by atoms with Crippen molar-refractivity contribution in [3.63, 3.8) is 0 Å². The monoisotopic (exact) mass is 680 g/mol. The predicted molar refractivity (Wildman–Crippen MR) is 197 cm³/mol. The van der Waals surface area contributed by atoms with Gasteiger partial charge in [0.2, 0.25) is 17.7 Å². The summed E-state index contributed by atoms with van der Waals surface area (Å²) in [4.78, 5) is 48.2. The van der Waals surface area contributed by atoms with E-state index in [0.717, 1.165) is 26.8 Å². The number of hydrogen-bond donors (Lipinski definition) is 2. The molecule has 1 fully saturated rings. The molecule has 3 aromatic carbocycles. The van der Waals surface area contributed by atoms with Crippen LogP contribution in [0.1, 0.15) is 49.1 Å². The highest BCUT2D eigenvalue weighted by atomic mass is 32.1. The Balaban J connectivity index is 1.43. The van der Waals surface area contributed by atoms with Crippen LogP contribution in [0.3, 0.4) is 0 Å². The van der Waals surface area contributed by atoms with Crippen LogP contribution in [-0.4, -0.2) is 82.3 Å². The van der Waals surface area contributed by atoms with Crippen molar-refractivity contribution < 1.29 is 19.5 Å². The maximum Gasteiger partial charge on any atom is 0.246 e. The smallest absolute Gasteiger partial charge is 0.246 e. The van der Waals surface area contributed by atoms with Gasteiger partial charge in [-0.3, -0.25) is 14.4 Å². The fourth-order valence-electron chi connectivity index (χ4n) is 6.43. The second-order valence-corrected chi connectivity index (χ2v) is 14.9. The van der Waals surface area contributed by atoms with Crippen molar-refractivity contribution in [2.75, 3.05) is 27.2 Å². The fraction of sp³-hybridized carbons (Fsp3) is 0.375. The lowest BCUT2D eigenvalue weighted by Gasteiger charge is -2.41. The summed E-state index contributed by atoms with van der Waals surface area (Å²) in [5.41, 5.74) is 6.52. The molecule has 3 N–H and O–H groups in total. The zero-order valence-corrected chi connectivity index (χ0v) is 29.7. The van der Waals surface area contributed by atoms with Gasteiger partial charge in [-0.1, -0.05) is 84.9 Å². The molecule has 0 radical (unpaired) electrons. The van der Waals surface area contributed by atoms with Crippen molar-refractivity contribution in [3.05, 3.63) is 118 Å². The number of fused-ring (bicyclic) bond motifs is 1. The van der Waals surface area contributed by atoms with E-state index in [-0.39, 0.29) is 24.1 Å². The minimum absolute atomic E-state index is 0.170. The van der Waals surface area contributed by atoms with Crippen molar-refractivity contribution in [3.8, 4) is 0 Å². The molecule has 2 heterocycles. The first-order valence-electron chi connectivity index (χ1n) is 16.9. The van der Waals surface area contributed by atoms with E-state index in [1.165, 1.54) is 27.2 Å². The van der Waals surface area contributed by atoms with E-state index >= 15 is 0 Å². The van der Waals surface area contributed by atoms with Crippen molar-refractivity contribution in [2.45, 2.75) is 69.2 Å². The highest BCUT2D eigenvalue weighted by Crippen LogP contribution is 2.36. The average molecular weight is 681 g/mol. The lowest BCUT2D eigenvalue weighted by molar-refractivity contribution is -0.151. The Morgan fingerprint density at radius 1 is 0.878 bits per heavy atom. The molecule has 0 spiro atoms. The Morgan fingerprint density at radius 2 is 1.53 bits per heavy atom. The molecule has 1 aromatic heterocycles. The number of benzene rings is 3. The molecule has 1 aliphatic rings. The Kier molecular flexibility index (Phi) is 11.4. The number of piperidine rings is 1. The number of aliphatic hydroxyl groups is 1. The number of likely N-dealkylation sites (N-methyl/N-ethyl adjacent to an activating group) is 2. The van der Waals surface area contributed by atoms with Gasteiger partial charge < -0.3 is 25.5 Å². The van der Waals surface area contributed by atoms with E-state index in [1.807, 2.05) is 98.1 Å². The van der Waals surface area contributed by atoms with Crippen molar-refractivity contribution in [1.82, 2.24) is 14.7 Å². The van der Waals surface area contributed by atoms with Crippen molar-refractivity contribution in [1.29, 1.82) is 0 Å². The maximum absolute atomic E-state index is 14.6. The minimum Gasteiger partial charge on any atom is -0.384 e. The quantitative estimate of drug-likeness (QED) is 0.191. The van der Waals surface area contributed by atoms with Crippen LogP contribution < -0.4 is 5.73 Å². The molecule has 1 unspecified atom stereocenters. The first kappa shape index (κ1) is 36.0. The molecule has 0 aliphatic carbocycles. The van der Waals surface area contributed by atoms with Crippen LogP contribution in [0.5, 0.6) is 0 Å². The number of hydrogen-bond acceptors (Lipinski definition) is 6. The zero-order chi connectivity index (χ0) is 35.2. The van der Waals surface area contributed by atoms with Gasteiger partial charge in [0.1, 0.15) is 17.7 Å². The summed E-state index contributed by atoms with van der Waals surface area (Å²) in [5.74, 6) is -0.805. The van der Waals surface area contributed by atoms with Gasteiger partial charge in [0.15, 0.2) is 0 Å². The van der Waals surface area contributed by atoms with Gasteiger partial charge >= 0.3 is 0 Å². The summed E-state index contributed by atoms with van der Waals surface area (Å²) >= 11 is 1.52. The molecule has 0 saturated carbocycles. The van der Waals surface area contributed by atoms with Gasteiger partial charge in [-0.05, 0) is 72.5 Å². The maximum atomic E-state index is 14.6. The highest BCUT2D eigenvalue weighted by molar-refractivity contribution is 7.10. The number of thiophene rings is 1. The second kappa shape index (κ2) is 15.5. The molecule has 8 nitrogen and oxygen atoms in total. The predicted octanol–water partition coefficient (Wildman–Crippen LogP) is 5.53. The average Bonchev–Trinajstić information content (AvgIpc) is 3.65. The standard InChI is InChI=1S/C40H48N4O4S/c1-39(2,41)20-10-17-36(45)42(3)33(28-30-18-19-31-14-8-9-15-32(31)26-30)37(46)43(4)34(27-29-12-6-5-7-13-29)38(47)44-23-21-40(48,22-24-44)35-16-11-25-49-35/h5-19,25-26,33-34,48H,20-24,27-28,41H2,1-4H3/b17-10+/t33-,34?/m1/s1. The topological polar surface area (TPSA) is 107 Å². The van der Waals surface area contributed by atoms with E-state index in [1.54, 1.807) is 25.1 Å². The first-order chi connectivity index (χ1) is 23.3. The Bertz CT molecular complexity index is 1760. The van der Waals surface area contributed by atoms with Gasteiger partial charge in [0.05, 0.1) is 0 Å². The van der Waals surface area contributed by atoms with Gasteiger partial charge in [0.25, 0.3) is 0 Å². The summed E-state index contributed by atoms with van der Waals surface area (Å²) in [5, 5.41) is 15.4. The van der Waals surface area contributed by atoms with E-state index in [2.05, 4.69) is 6.07 Å². The molecule has 4 aromatic rings. The summed E-state index contributed by atoms with van der Waals surface area (Å²) in [6.07, 6.45) is 5.15. The summed E-state index contributed by atoms with van der Waals surface area (Å²) in [6.45, 7) is 4.53. The highest BCUT2D eigenvalue weighted by Gasteiger charge is 2.40. The molecule has 9 heteroatoms. The van der Waals surface area contributed by atoms with E-state index in [4.69, 9.17) is 5.73 Å². The van der Waals surface area contributed by atoms with E-state index < -0.39 is 23.2 Å². The van der Waals surface area contributed by atoms with Crippen LogP contribution in [0.4, 0.5) is 0 Å². The van der Waals surface area contributed by atoms with Crippen LogP contribution in [0.2, 0.25) is 0 Å². The Hall–Kier alpha value is -4.31. The van der Waals surface area contributed by atoms with Crippen LogP contribution in [0.25, 0.3) is 10.8 Å². The number of nitrogens with zero attached hydrogens (tertiary/aromatic N) is 3. The van der Waals surface area contributed by atoms with Gasteiger partial charge in [-0.2, -0.15) is 0 Å². The number of likely N-dealkylation sites (tertiary alicyclic amines) is 1. The van der Waals surface area contributed by atoms with Gasteiger partial charge in [-0.25, -0.2) is 0 Å². The Labute approximate surface area is 293 Å². The lowest BCUT2D eigenvalue weighted by Crippen LogP contribution is -2.57. The van der Waals surface area contributed by atoms with E-state index in [9.17, 15) is 19.5 Å². The van der Waals surface area contributed by atoms with Crippen LogP contribution in [0, 0.1) is 0 Å². The molecule has 3 amide bonds. The number of rotatable bonds is 12. The molecule has 258 valence electrons. The van der Waals surface area contributed by atoms with Crippen LogP contribution in [0.15, 0.2) is 102 Å². The molecule has 1 saturated heterocycles. The molecule has 5 rings (SSSR count). The Morgan fingerprint density at radius 3 is 2.18 bits per heavy atom. The van der Waals surface area contributed by atoms with E-state index in [0.29, 0.717) is 38.8 Å². The fourth-order valence-corrected chi connectivity index (χ4v) is 7.31. The number of carbonyl (C=O) groups excluding carboxylic acids is 3. The molecule has 0 bridgehead atoms. The van der Waals surface area contributed by atoms with Crippen molar-refractivity contribution in [2.24, 2.45) is 5.73 Å². The normalized spacial score (nSPS) is 16.0. The number of nitrogens with two attached hydrogens (primary N) is 1. The molecule has 1 aliphatic heterocycles. The van der Waals surface area contributed by atoms with Gasteiger partial charge in [-0.15, -0.1) is 11.3 Å². The van der Waals surface area contributed by atoms with Gasteiger partial charge in [0, 0.05) is 50.4 Å². The molecule has 2 atom stereocenters. The third-order valence-electron chi connectivity index (χ3n) is 9.50. The SMILES string of the molecule is CN(C(=O)[C@@H](Cc1ccc2ccccc2c1)N(C)C(=O)/C=C/CC(C)(C)N)C(Cc1ccccc1)C(=O)N1CCC(O)(c2cccs2)CC1. The molecule has 49 heavy (non-hydrogen) atoms. The lowest BCUT2D eigenvalue weighted by atomic mass is 9.89. The summed E-state index contributed by atoms with van der Waals surface area (Å²) < 4.78 is 0. The third kappa shape index (κ3) is 9.03. The van der Waals surface area contributed by atoms with Crippen LogP contribution >= 0.6 is 11.3 Å². The zero-order valence-electron chi connectivity index (χ0n) is 28.9. The summed E-state index contributed by atoms with van der Waals surface area (Å²) in [6, 6.07) is 26.0. The third-order valence-corrected chi connectivity index (χ3v) is 10.6. The number of carbonyl (C=O) groups is 3. The molecular formula is C40H48N4O4S. The largest absolute Gasteiger partial charge is 0.384 e. The first-order valence-corrected chi connectivity index (χ1v) is 17.8. The summed E-state index contributed by atoms with van der Waals surface area (Å²) in [7, 11) is 3.31. The second-order valence-electron chi connectivity index (χ2n) is 13.9. The number of amides is 3. The van der Waals surface area contributed by atoms with Crippen molar-refractivity contribution >= 4 is 39.8 Å². The molecular weight excluding hydrogens is 633 g/mol.